The molecule has 0 radical (unpaired) electrons. The first-order valence-corrected chi connectivity index (χ1v) is 9.76. The molecule has 1 aromatic carbocycles. The van der Waals surface area contributed by atoms with Crippen molar-refractivity contribution in [2.75, 3.05) is 43.4 Å². The van der Waals surface area contributed by atoms with Crippen molar-refractivity contribution in [2.24, 2.45) is 0 Å². The zero-order valence-electron chi connectivity index (χ0n) is 15.1. The number of nitrogens with one attached hydrogen (secondary N) is 1. The molecule has 2 aromatic heterocycles. The fourth-order valence-corrected chi connectivity index (χ4v) is 3.51. The first-order valence-electron chi connectivity index (χ1n) is 8.96. The Morgan fingerprint density at radius 1 is 1.11 bits per heavy atom. The second kappa shape index (κ2) is 7.78. The molecule has 1 fully saturated rings. The van der Waals surface area contributed by atoms with Crippen LogP contribution in [0.2, 0.25) is 0 Å². The Morgan fingerprint density at radius 2 is 1.93 bits per heavy atom. The van der Waals surface area contributed by atoms with Crippen molar-refractivity contribution >= 4 is 38.5 Å². The summed E-state index contributed by atoms with van der Waals surface area (Å²) in [5, 5.41) is 4.18. The van der Waals surface area contributed by atoms with E-state index in [9.17, 15) is 4.39 Å². The van der Waals surface area contributed by atoms with Gasteiger partial charge in [-0.15, -0.1) is 0 Å². The highest BCUT2D eigenvalue weighted by Gasteiger charge is 2.14. The topological polar surface area (TPSA) is 44.3 Å². The third-order valence-corrected chi connectivity index (χ3v) is 5.45. The summed E-state index contributed by atoms with van der Waals surface area (Å²) in [7, 11) is 2.15. The van der Waals surface area contributed by atoms with Crippen molar-refractivity contribution in [3.8, 4) is 0 Å². The number of nitrogens with zero attached hydrogens (tertiary/aromatic N) is 4. The highest BCUT2D eigenvalue weighted by Crippen LogP contribution is 2.23. The van der Waals surface area contributed by atoms with Gasteiger partial charge in [0.1, 0.15) is 17.5 Å². The minimum absolute atomic E-state index is 0.309. The maximum absolute atomic E-state index is 13.7. The van der Waals surface area contributed by atoms with Crippen LogP contribution in [0.4, 0.5) is 16.0 Å². The van der Waals surface area contributed by atoms with Crippen LogP contribution >= 0.6 is 15.9 Å². The summed E-state index contributed by atoms with van der Waals surface area (Å²) < 4.78 is 14.2. The molecule has 5 nitrogen and oxygen atoms in total. The van der Waals surface area contributed by atoms with E-state index in [-0.39, 0.29) is 5.82 Å². The summed E-state index contributed by atoms with van der Waals surface area (Å²) >= 11 is 3.20. The molecular weight excluding hydrogens is 409 g/mol. The van der Waals surface area contributed by atoms with Gasteiger partial charge in [-0.1, -0.05) is 6.07 Å². The van der Waals surface area contributed by atoms with Gasteiger partial charge in [-0.25, -0.2) is 14.4 Å². The second-order valence-electron chi connectivity index (χ2n) is 6.82. The van der Waals surface area contributed by atoms with E-state index in [1.807, 2.05) is 18.3 Å². The number of benzene rings is 1. The van der Waals surface area contributed by atoms with E-state index in [0.29, 0.717) is 22.4 Å². The largest absolute Gasteiger partial charge is 0.366 e. The second-order valence-corrected chi connectivity index (χ2v) is 7.68. The summed E-state index contributed by atoms with van der Waals surface area (Å²) in [4.78, 5) is 13.7. The van der Waals surface area contributed by atoms with Gasteiger partial charge in [0.05, 0.1) is 9.99 Å². The van der Waals surface area contributed by atoms with E-state index < -0.39 is 0 Å². The smallest absolute Gasteiger partial charge is 0.139 e. The molecule has 1 N–H and O–H groups in total. The van der Waals surface area contributed by atoms with Gasteiger partial charge in [0.2, 0.25) is 0 Å². The molecule has 27 heavy (non-hydrogen) atoms. The summed E-state index contributed by atoms with van der Waals surface area (Å²) in [6.07, 6.45) is 1.90. The number of halogens is 2. The predicted octanol–water partition coefficient (Wildman–Crippen LogP) is 3.90. The Hall–Kier alpha value is -2.25. The Balaban J connectivity index is 1.41. The third-order valence-electron chi connectivity index (χ3n) is 4.84. The number of hydrogen-bond acceptors (Lipinski definition) is 5. The van der Waals surface area contributed by atoms with Crippen LogP contribution in [0.25, 0.3) is 10.9 Å². The van der Waals surface area contributed by atoms with Gasteiger partial charge < -0.3 is 15.1 Å². The van der Waals surface area contributed by atoms with E-state index in [4.69, 9.17) is 0 Å². The summed E-state index contributed by atoms with van der Waals surface area (Å²) in [6, 6.07) is 11.2. The normalized spacial score (nSPS) is 15.3. The van der Waals surface area contributed by atoms with Crippen LogP contribution in [0.15, 0.2) is 47.1 Å². The van der Waals surface area contributed by atoms with Gasteiger partial charge >= 0.3 is 0 Å². The molecule has 0 spiro atoms. The van der Waals surface area contributed by atoms with Crippen LogP contribution in [0.5, 0.6) is 0 Å². The standard InChI is InChI=1S/C20H21BrFN5/c1-26-6-8-27(9-7-26)20-5-2-14(13-24-20)12-23-19-4-3-15-10-16(21)17(22)11-18(15)25-19/h2-5,10-11,13H,6-9,12H2,1H3,(H,23,25). The average Bonchev–Trinajstić information content (AvgIpc) is 2.68. The molecule has 3 heterocycles. The van der Waals surface area contributed by atoms with Gasteiger partial charge in [0.25, 0.3) is 0 Å². The van der Waals surface area contributed by atoms with Crippen molar-refractivity contribution < 1.29 is 4.39 Å². The van der Waals surface area contributed by atoms with Crippen LogP contribution in [0.3, 0.4) is 0 Å². The molecule has 0 saturated carbocycles. The highest BCUT2D eigenvalue weighted by atomic mass is 79.9. The Kier molecular flexibility index (Phi) is 5.22. The van der Waals surface area contributed by atoms with Crippen LogP contribution < -0.4 is 10.2 Å². The van der Waals surface area contributed by atoms with Crippen molar-refractivity contribution in [1.82, 2.24) is 14.9 Å². The van der Waals surface area contributed by atoms with Gasteiger partial charge in [-0.2, -0.15) is 0 Å². The Morgan fingerprint density at radius 3 is 2.67 bits per heavy atom. The molecule has 0 unspecified atom stereocenters. The number of fused-ring (bicyclic) bond motifs is 1. The summed E-state index contributed by atoms with van der Waals surface area (Å²) in [5.74, 6) is 1.43. The SMILES string of the molecule is CN1CCN(c2ccc(CNc3ccc4cc(Br)c(F)cc4n3)cn2)CC1. The van der Waals surface area contributed by atoms with Crippen molar-refractivity contribution in [1.29, 1.82) is 0 Å². The van der Waals surface area contributed by atoms with Gasteiger partial charge in [-0.05, 0) is 52.8 Å². The van der Waals surface area contributed by atoms with E-state index in [1.54, 1.807) is 6.07 Å². The molecule has 1 aliphatic rings. The molecule has 0 bridgehead atoms. The van der Waals surface area contributed by atoms with E-state index in [1.165, 1.54) is 6.07 Å². The number of aromatic nitrogens is 2. The van der Waals surface area contributed by atoms with Crippen molar-refractivity contribution in [3.05, 3.63) is 58.4 Å². The monoisotopic (exact) mass is 429 g/mol. The van der Waals surface area contributed by atoms with E-state index in [0.717, 1.165) is 42.9 Å². The van der Waals surface area contributed by atoms with Crippen LogP contribution in [0, 0.1) is 5.82 Å². The first-order chi connectivity index (χ1) is 13.1. The van der Waals surface area contributed by atoms with Crippen LogP contribution in [-0.2, 0) is 6.54 Å². The lowest BCUT2D eigenvalue weighted by molar-refractivity contribution is 0.312. The summed E-state index contributed by atoms with van der Waals surface area (Å²) in [6.45, 7) is 4.77. The zero-order valence-corrected chi connectivity index (χ0v) is 16.7. The van der Waals surface area contributed by atoms with E-state index >= 15 is 0 Å². The van der Waals surface area contributed by atoms with Gasteiger partial charge in [0, 0.05) is 50.4 Å². The molecule has 4 rings (SSSR count). The number of anilines is 2. The van der Waals surface area contributed by atoms with Gasteiger partial charge in [-0.3, -0.25) is 0 Å². The number of piperazine rings is 1. The maximum atomic E-state index is 13.7. The molecule has 0 amide bonds. The summed E-state index contributed by atoms with van der Waals surface area (Å²) in [5.41, 5.74) is 1.71. The molecular formula is C20H21BrFN5. The fraction of sp³-hybridized carbons (Fsp3) is 0.300. The van der Waals surface area contributed by atoms with Gasteiger partial charge in [0.15, 0.2) is 0 Å². The van der Waals surface area contributed by atoms with Crippen molar-refractivity contribution in [2.45, 2.75) is 6.54 Å². The number of likely N-dealkylation sites (N-methyl/N-ethyl adjacent to an activating group) is 1. The molecule has 0 aliphatic carbocycles. The lowest BCUT2D eigenvalue weighted by atomic mass is 10.2. The fourth-order valence-electron chi connectivity index (χ4n) is 3.15. The molecule has 7 heteroatoms. The predicted molar refractivity (Wildman–Crippen MR) is 111 cm³/mol. The molecule has 0 atom stereocenters. The zero-order chi connectivity index (χ0) is 18.8. The van der Waals surface area contributed by atoms with E-state index in [2.05, 4.69) is 60.2 Å². The number of hydrogen-bond donors (Lipinski definition) is 1. The van der Waals surface area contributed by atoms with Crippen molar-refractivity contribution in [3.63, 3.8) is 0 Å². The first kappa shape index (κ1) is 18.1. The molecule has 140 valence electrons. The number of rotatable bonds is 4. The minimum Gasteiger partial charge on any atom is -0.366 e. The van der Waals surface area contributed by atoms with Crippen LogP contribution in [0.1, 0.15) is 5.56 Å². The molecule has 3 aromatic rings. The highest BCUT2D eigenvalue weighted by molar-refractivity contribution is 9.10. The third kappa shape index (κ3) is 4.20. The average molecular weight is 430 g/mol. The lowest BCUT2D eigenvalue weighted by Gasteiger charge is -2.33. The Labute approximate surface area is 166 Å². The lowest BCUT2D eigenvalue weighted by Crippen LogP contribution is -2.44. The Bertz CT molecular complexity index is 939. The molecule has 1 saturated heterocycles. The number of pyridine rings is 2. The quantitative estimate of drug-likeness (QED) is 0.681. The molecule has 1 aliphatic heterocycles. The minimum atomic E-state index is -0.309. The maximum Gasteiger partial charge on any atom is 0.139 e. The van der Waals surface area contributed by atoms with Crippen LogP contribution in [-0.4, -0.2) is 48.1 Å².